The lowest BCUT2D eigenvalue weighted by molar-refractivity contribution is -0.139. The van der Waals surface area contributed by atoms with E-state index in [1.807, 2.05) is 30.5 Å². The summed E-state index contributed by atoms with van der Waals surface area (Å²) >= 11 is 0. The Kier molecular flexibility index (Phi) is 9.00. The predicted octanol–water partition coefficient (Wildman–Crippen LogP) is 4.06. The summed E-state index contributed by atoms with van der Waals surface area (Å²) in [6.45, 7) is 7.12. The van der Waals surface area contributed by atoms with Gasteiger partial charge in [-0.1, -0.05) is 30.3 Å². The first-order valence-corrected chi connectivity index (χ1v) is 13.0. The van der Waals surface area contributed by atoms with Crippen LogP contribution in [-0.2, 0) is 23.9 Å². The molecule has 1 aliphatic heterocycles. The van der Waals surface area contributed by atoms with Crippen LogP contribution in [0, 0.1) is 0 Å². The number of para-hydroxylation sites is 1. The van der Waals surface area contributed by atoms with Gasteiger partial charge in [-0.3, -0.25) is 4.79 Å². The molecule has 0 aliphatic carbocycles. The van der Waals surface area contributed by atoms with Gasteiger partial charge in [-0.2, -0.15) is 5.10 Å². The molecule has 0 radical (unpaired) electrons. The van der Waals surface area contributed by atoms with E-state index in [4.69, 9.17) is 14.2 Å². The lowest BCUT2D eigenvalue weighted by Crippen LogP contribution is -2.32. The number of rotatable bonds is 10. The number of H-pyrrole nitrogens is 1. The number of allylic oxidation sites excluding steroid dienone is 2. The van der Waals surface area contributed by atoms with Crippen LogP contribution in [0.25, 0.3) is 10.9 Å². The summed E-state index contributed by atoms with van der Waals surface area (Å²) in [5, 5.41) is 8.13. The molecule has 0 atom stereocenters. The van der Waals surface area contributed by atoms with Gasteiger partial charge in [0.05, 0.1) is 36.5 Å². The number of amides is 1. The number of carbonyl (C=O) groups excluding carboxylic acids is 3. The molecule has 2 aromatic carbocycles. The Labute approximate surface area is 232 Å². The van der Waals surface area contributed by atoms with Crippen LogP contribution >= 0.6 is 0 Å². The summed E-state index contributed by atoms with van der Waals surface area (Å²) in [5.74, 6) is -1.72. The SMILES string of the molecule is CCOC(=O)C1=C(C)NC(C)=C(C(=O)OCC)C1c1ccc(OCC(=O)N/N=C/c2c[nH]c3ccccc23)cc1. The van der Waals surface area contributed by atoms with Gasteiger partial charge in [-0.15, -0.1) is 0 Å². The van der Waals surface area contributed by atoms with Crippen molar-refractivity contribution in [3.8, 4) is 5.75 Å². The van der Waals surface area contributed by atoms with Crippen molar-refractivity contribution >= 4 is 35.0 Å². The fourth-order valence-electron chi connectivity index (χ4n) is 4.60. The first kappa shape index (κ1) is 28.2. The molecule has 40 heavy (non-hydrogen) atoms. The van der Waals surface area contributed by atoms with Gasteiger partial charge in [0.25, 0.3) is 5.91 Å². The minimum absolute atomic E-state index is 0.195. The molecule has 0 bridgehead atoms. The smallest absolute Gasteiger partial charge is 0.336 e. The number of ether oxygens (including phenoxy) is 3. The first-order chi connectivity index (χ1) is 19.3. The monoisotopic (exact) mass is 544 g/mol. The number of nitrogens with one attached hydrogen (secondary N) is 3. The molecule has 0 saturated carbocycles. The molecule has 10 heteroatoms. The van der Waals surface area contributed by atoms with E-state index in [-0.39, 0.29) is 19.8 Å². The highest BCUT2D eigenvalue weighted by Gasteiger charge is 2.37. The molecular formula is C30H32N4O6. The van der Waals surface area contributed by atoms with E-state index < -0.39 is 23.8 Å². The van der Waals surface area contributed by atoms with Gasteiger partial charge in [0.1, 0.15) is 5.75 Å². The minimum Gasteiger partial charge on any atom is -0.484 e. The Morgan fingerprint density at radius 3 is 2.17 bits per heavy atom. The zero-order valence-electron chi connectivity index (χ0n) is 22.9. The van der Waals surface area contributed by atoms with E-state index in [9.17, 15) is 14.4 Å². The highest BCUT2D eigenvalue weighted by atomic mass is 16.5. The van der Waals surface area contributed by atoms with Gasteiger partial charge in [-0.05, 0) is 51.5 Å². The van der Waals surface area contributed by atoms with Crippen LogP contribution in [0.3, 0.4) is 0 Å². The van der Waals surface area contributed by atoms with Crippen LogP contribution in [0.5, 0.6) is 5.75 Å². The number of carbonyl (C=O) groups is 3. The third-order valence-corrected chi connectivity index (χ3v) is 6.35. The molecule has 0 spiro atoms. The molecule has 4 rings (SSSR count). The van der Waals surface area contributed by atoms with Crippen LogP contribution in [0.2, 0.25) is 0 Å². The van der Waals surface area contributed by atoms with E-state index in [1.165, 1.54) is 0 Å². The number of hydrazone groups is 1. The van der Waals surface area contributed by atoms with Gasteiger partial charge >= 0.3 is 11.9 Å². The standard InChI is InChI=1S/C30H32N4O6/c1-5-38-29(36)26-18(3)33-19(4)27(30(37)39-6-2)28(26)20-11-13-22(14-12-20)40-17-25(35)34-32-16-21-15-31-24-10-8-7-9-23(21)24/h7-16,28,31,33H,5-6,17H2,1-4H3,(H,34,35)/b32-16+. The van der Waals surface area contributed by atoms with Gasteiger partial charge in [0.2, 0.25) is 0 Å². The summed E-state index contributed by atoms with van der Waals surface area (Å²) < 4.78 is 16.2. The third kappa shape index (κ3) is 6.23. The van der Waals surface area contributed by atoms with E-state index in [0.29, 0.717) is 33.9 Å². The maximum atomic E-state index is 12.9. The Morgan fingerprint density at radius 1 is 0.925 bits per heavy atom. The van der Waals surface area contributed by atoms with E-state index >= 15 is 0 Å². The van der Waals surface area contributed by atoms with Gasteiger partial charge < -0.3 is 24.5 Å². The first-order valence-electron chi connectivity index (χ1n) is 13.0. The molecule has 10 nitrogen and oxygen atoms in total. The number of hydrogen-bond donors (Lipinski definition) is 3. The molecular weight excluding hydrogens is 512 g/mol. The Hall–Kier alpha value is -4.86. The van der Waals surface area contributed by atoms with Crippen molar-refractivity contribution < 1.29 is 28.6 Å². The van der Waals surface area contributed by atoms with Crippen LogP contribution in [0.1, 0.15) is 44.7 Å². The molecule has 0 fully saturated rings. The summed E-state index contributed by atoms with van der Waals surface area (Å²) in [6, 6.07) is 14.6. The second-order valence-corrected chi connectivity index (χ2v) is 9.02. The molecule has 2 heterocycles. The molecule has 3 aromatic rings. The van der Waals surface area contributed by atoms with Crippen molar-refractivity contribution in [3.05, 3.63) is 88.4 Å². The van der Waals surface area contributed by atoms with Crippen molar-refractivity contribution in [3.63, 3.8) is 0 Å². The van der Waals surface area contributed by atoms with E-state index in [0.717, 1.165) is 16.5 Å². The van der Waals surface area contributed by atoms with Crippen molar-refractivity contribution in [2.45, 2.75) is 33.6 Å². The number of benzene rings is 2. The maximum absolute atomic E-state index is 12.9. The molecule has 0 saturated heterocycles. The van der Waals surface area contributed by atoms with Crippen LogP contribution in [0.15, 0.2) is 82.4 Å². The molecule has 1 aromatic heterocycles. The highest BCUT2D eigenvalue weighted by molar-refractivity contribution is 6.00. The van der Waals surface area contributed by atoms with Crippen LogP contribution in [0.4, 0.5) is 0 Å². The summed E-state index contributed by atoms with van der Waals surface area (Å²) in [5.41, 5.74) is 6.81. The molecule has 1 aliphatic rings. The summed E-state index contributed by atoms with van der Waals surface area (Å²) in [6.07, 6.45) is 3.38. The lowest BCUT2D eigenvalue weighted by atomic mass is 9.80. The molecule has 1 amide bonds. The van der Waals surface area contributed by atoms with Crippen molar-refractivity contribution in [2.24, 2.45) is 5.10 Å². The fraction of sp³-hybridized carbons (Fsp3) is 0.267. The second kappa shape index (κ2) is 12.8. The third-order valence-electron chi connectivity index (χ3n) is 6.35. The number of esters is 2. The van der Waals surface area contributed by atoms with Gasteiger partial charge in [0, 0.05) is 34.1 Å². The van der Waals surface area contributed by atoms with Crippen molar-refractivity contribution in [1.82, 2.24) is 15.7 Å². The van der Waals surface area contributed by atoms with Crippen LogP contribution in [-0.4, -0.2) is 48.9 Å². The Bertz CT molecular complexity index is 1460. The number of aromatic nitrogens is 1. The largest absolute Gasteiger partial charge is 0.484 e. The van der Waals surface area contributed by atoms with Gasteiger partial charge in [-0.25, -0.2) is 15.0 Å². The lowest BCUT2D eigenvalue weighted by Gasteiger charge is -2.30. The Morgan fingerprint density at radius 2 is 1.55 bits per heavy atom. The summed E-state index contributed by atoms with van der Waals surface area (Å²) in [4.78, 5) is 41.3. The topological polar surface area (TPSA) is 131 Å². The van der Waals surface area contributed by atoms with Crippen molar-refractivity contribution in [2.75, 3.05) is 19.8 Å². The average molecular weight is 545 g/mol. The molecule has 208 valence electrons. The van der Waals surface area contributed by atoms with E-state index in [1.54, 1.807) is 58.2 Å². The van der Waals surface area contributed by atoms with Crippen molar-refractivity contribution in [1.29, 1.82) is 0 Å². The zero-order valence-corrected chi connectivity index (χ0v) is 22.9. The average Bonchev–Trinajstić information content (AvgIpc) is 3.35. The number of dihydropyridines is 1. The molecule has 0 unspecified atom stereocenters. The van der Waals surface area contributed by atoms with Crippen LogP contribution < -0.4 is 15.5 Å². The second-order valence-electron chi connectivity index (χ2n) is 9.02. The number of nitrogens with zero attached hydrogens (tertiary/aromatic N) is 1. The summed E-state index contributed by atoms with van der Waals surface area (Å²) in [7, 11) is 0. The molecule has 3 N–H and O–H groups in total. The minimum atomic E-state index is -0.699. The van der Waals surface area contributed by atoms with Gasteiger partial charge in [0.15, 0.2) is 6.61 Å². The normalized spacial score (nSPS) is 13.9. The fourth-order valence-corrected chi connectivity index (χ4v) is 4.60. The zero-order chi connectivity index (χ0) is 28.6. The highest BCUT2D eigenvalue weighted by Crippen LogP contribution is 2.39. The van der Waals surface area contributed by atoms with E-state index in [2.05, 4.69) is 20.8 Å². The quantitative estimate of drug-likeness (QED) is 0.199. The maximum Gasteiger partial charge on any atom is 0.336 e. The number of fused-ring (bicyclic) bond motifs is 1. The number of aromatic amines is 1. The Balaban J connectivity index is 1.45. The number of hydrogen-bond acceptors (Lipinski definition) is 8. The predicted molar refractivity (Wildman–Crippen MR) is 151 cm³/mol.